The smallest absolute Gasteiger partial charge is 0.241 e. The van der Waals surface area contributed by atoms with Crippen LogP contribution in [-0.4, -0.2) is 45.9 Å². The molecular formula is C11H16N4O2. The molecule has 1 N–H and O–H groups in total. The van der Waals surface area contributed by atoms with Crippen LogP contribution in [0.3, 0.4) is 0 Å². The Morgan fingerprint density at radius 1 is 1.47 bits per heavy atom. The summed E-state index contributed by atoms with van der Waals surface area (Å²) in [6.07, 6.45) is 4.71. The Morgan fingerprint density at radius 2 is 2.29 bits per heavy atom. The monoisotopic (exact) mass is 236 g/mol. The summed E-state index contributed by atoms with van der Waals surface area (Å²) in [5.74, 6) is 0.865. The van der Waals surface area contributed by atoms with Gasteiger partial charge >= 0.3 is 0 Å². The van der Waals surface area contributed by atoms with E-state index in [0.29, 0.717) is 25.9 Å². The first-order valence-electron chi connectivity index (χ1n) is 5.67. The maximum atomic E-state index is 11.7. The molecule has 6 nitrogen and oxygen atoms in total. The Morgan fingerprint density at radius 3 is 3.00 bits per heavy atom. The summed E-state index contributed by atoms with van der Waals surface area (Å²) in [4.78, 5) is 28.8. The van der Waals surface area contributed by atoms with Gasteiger partial charge in [-0.3, -0.25) is 9.59 Å². The van der Waals surface area contributed by atoms with E-state index in [1.165, 1.54) is 0 Å². The van der Waals surface area contributed by atoms with Crippen molar-refractivity contribution in [2.24, 2.45) is 7.05 Å². The third-order valence-electron chi connectivity index (χ3n) is 2.92. The molecule has 0 radical (unpaired) electrons. The lowest BCUT2D eigenvalue weighted by atomic mass is 10.3. The van der Waals surface area contributed by atoms with E-state index in [2.05, 4.69) is 10.3 Å². The molecule has 1 fully saturated rings. The molecule has 1 aliphatic heterocycles. The average molecular weight is 236 g/mol. The van der Waals surface area contributed by atoms with Crippen LogP contribution in [0.15, 0.2) is 12.4 Å². The molecule has 1 aromatic heterocycles. The van der Waals surface area contributed by atoms with Gasteiger partial charge in [0.25, 0.3) is 0 Å². The van der Waals surface area contributed by atoms with Gasteiger partial charge < -0.3 is 14.8 Å². The lowest BCUT2D eigenvalue weighted by molar-refractivity contribution is -0.130. The van der Waals surface area contributed by atoms with Crippen molar-refractivity contribution in [1.82, 2.24) is 19.8 Å². The first-order valence-corrected chi connectivity index (χ1v) is 5.67. The number of hydrogen-bond donors (Lipinski definition) is 1. The molecule has 0 aliphatic carbocycles. The van der Waals surface area contributed by atoms with Crippen LogP contribution in [0.4, 0.5) is 0 Å². The van der Waals surface area contributed by atoms with E-state index in [4.69, 9.17) is 0 Å². The second kappa shape index (κ2) is 4.99. The Balaban J connectivity index is 1.92. The molecule has 2 rings (SSSR count). The predicted octanol–water partition coefficient (Wildman–Crippen LogP) is -0.689. The van der Waals surface area contributed by atoms with Gasteiger partial charge in [0.05, 0.1) is 6.54 Å². The highest BCUT2D eigenvalue weighted by atomic mass is 16.2. The second-order valence-electron chi connectivity index (χ2n) is 4.11. The van der Waals surface area contributed by atoms with Crippen LogP contribution in [-0.2, 0) is 23.1 Å². The normalized spacial score (nSPS) is 16.9. The van der Waals surface area contributed by atoms with Gasteiger partial charge in [-0.1, -0.05) is 0 Å². The van der Waals surface area contributed by atoms with Crippen LogP contribution >= 0.6 is 0 Å². The minimum absolute atomic E-state index is 0.0231. The molecule has 1 saturated heterocycles. The van der Waals surface area contributed by atoms with E-state index in [1.807, 2.05) is 17.8 Å². The van der Waals surface area contributed by atoms with E-state index in [0.717, 1.165) is 5.82 Å². The van der Waals surface area contributed by atoms with Gasteiger partial charge in [0, 0.05) is 45.4 Å². The summed E-state index contributed by atoms with van der Waals surface area (Å²) >= 11 is 0. The van der Waals surface area contributed by atoms with Gasteiger partial charge in [-0.15, -0.1) is 0 Å². The van der Waals surface area contributed by atoms with E-state index in [-0.39, 0.29) is 18.4 Å². The Bertz CT molecular complexity index is 427. The highest BCUT2D eigenvalue weighted by Gasteiger charge is 2.19. The molecule has 1 aromatic rings. The van der Waals surface area contributed by atoms with E-state index >= 15 is 0 Å². The maximum Gasteiger partial charge on any atom is 0.241 e. The van der Waals surface area contributed by atoms with Crippen molar-refractivity contribution in [1.29, 1.82) is 0 Å². The number of nitrogens with zero attached hydrogens (tertiary/aromatic N) is 3. The number of aromatic nitrogens is 2. The van der Waals surface area contributed by atoms with Crippen molar-refractivity contribution >= 4 is 11.8 Å². The molecule has 0 spiro atoms. The SMILES string of the molecule is Cn1ccnc1CCN1CCC(=O)NCC1=O. The number of imidazole rings is 1. The number of aryl methyl sites for hydroxylation is 1. The molecular weight excluding hydrogens is 220 g/mol. The average Bonchev–Trinajstić information content (AvgIpc) is 2.64. The minimum Gasteiger partial charge on any atom is -0.347 e. The van der Waals surface area contributed by atoms with Gasteiger partial charge in [0.1, 0.15) is 5.82 Å². The molecule has 0 bridgehead atoms. The van der Waals surface area contributed by atoms with Crippen molar-refractivity contribution in [3.8, 4) is 0 Å². The van der Waals surface area contributed by atoms with Crippen LogP contribution in [0.5, 0.6) is 0 Å². The zero-order valence-corrected chi connectivity index (χ0v) is 9.85. The minimum atomic E-state index is -0.0576. The molecule has 1 aliphatic rings. The van der Waals surface area contributed by atoms with Crippen molar-refractivity contribution in [3.63, 3.8) is 0 Å². The summed E-state index contributed by atoms with van der Waals surface area (Å²) in [5, 5.41) is 2.58. The number of amides is 2. The summed E-state index contributed by atoms with van der Waals surface area (Å²) in [5.41, 5.74) is 0. The molecule has 0 atom stereocenters. The number of carbonyl (C=O) groups excluding carboxylic acids is 2. The molecule has 6 heteroatoms. The molecule has 17 heavy (non-hydrogen) atoms. The van der Waals surface area contributed by atoms with Gasteiger partial charge in [-0.25, -0.2) is 4.98 Å². The van der Waals surface area contributed by atoms with Gasteiger partial charge in [0.15, 0.2) is 0 Å². The van der Waals surface area contributed by atoms with Gasteiger partial charge in [0.2, 0.25) is 11.8 Å². The molecule has 2 amide bonds. The van der Waals surface area contributed by atoms with Crippen LogP contribution in [0, 0.1) is 0 Å². The molecule has 0 unspecified atom stereocenters. The summed E-state index contributed by atoms with van der Waals surface area (Å²) in [7, 11) is 1.93. The number of hydrogen-bond acceptors (Lipinski definition) is 3. The van der Waals surface area contributed by atoms with Gasteiger partial charge in [-0.2, -0.15) is 0 Å². The number of nitrogens with one attached hydrogen (secondary N) is 1. The zero-order valence-electron chi connectivity index (χ0n) is 9.85. The number of rotatable bonds is 3. The van der Waals surface area contributed by atoms with Crippen LogP contribution < -0.4 is 5.32 Å². The van der Waals surface area contributed by atoms with E-state index in [9.17, 15) is 9.59 Å². The molecule has 0 aromatic carbocycles. The molecule has 0 saturated carbocycles. The van der Waals surface area contributed by atoms with Crippen molar-refractivity contribution in [3.05, 3.63) is 18.2 Å². The third kappa shape index (κ3) is 2.83. The fraction of sp³-hybridized carbons (Fsp3) is 0.545. The standard InChI is InChI=1S/C11H16N4O2/c1-14-7-4-12-9(14)2-5-15-6-3-10(16)13-8-11(15)17/h4,7H,2-3,5-6,8H2,1H3,(H,13,16). The molecule has 2 heterocycles. The lowest BCUT2D eigenvalue weighted by Crippen LogP contribution is -2.36. The largest absolute Gasteiger partial charge is 0.347 e. The first-order chi connectivity index (χ1) is 8.16. The fourth-order valence-corrected chi connectivity index (χ4v) is 1.84. The van der Waals surface area contributed by atoms with Crippen molar-refractivity contribution in [2.45, 2.75) is 12.8 Å². The summed E-state index contributed by atoms with van der Waals surface area (Å²) < 4.78 is 1.94. The third-order valence-corrected chi connectivity index (χ3v) is 2.92. The highest BCUT2D eigenvalue weighted by molar-refractivity contribution is 5.87. The molecule has 92 valence electrons. The summed E-state index contributed by atoms with van der Waals surface area (Å²) in [6.45, 7) is 1.22. The van der Waals surface area contributed by atoms with Crippen molar-refractivity contribution in [2.75, 3.05) is 19.6 Å². The second-order valence-corrected chi connectivity index (χ2v) is 4.11. The Labute approximate surface area is 99.6 Å². The quantitative estimate of drug-likeness (QED) is 0.755. The maximum absolute atomic E-state index is 11.7. The summed E-state index contributed by atoms with van der Waals surface area (Å²) in [6, 6.07) is 0. The fourth-order valence-electron chi connectivity index (χ4n) is 1.84. The van der Waals surface area contributed by atoms with Gasteiger partial charge in [-0.05, 0) is 0 Å². The highest BCUT2D eigenvalue weighted by Crippen LogP contribution is 2.02. The lowest BCUT2D eigenvalue weighted by Gasteiger charge is -2.19. The van der Waals surface area contributed by atoms with Crippen LogP contribution in [0.25, 0.3) is 0 Å². The zero-order chi connectivity index (χ0) is 12.3. The van der Waals surface area contributed by atoms with E-state index in [1.54, 1.807) is 11.1 Å². The number of carbonyl (C=O) groups is 2. The topological polar surface area (TPSA) is 67.2 Å². The van der Waals surface area contributed by atoms with Crippen molar-refractivity contribution < 1.29 is 9.59 Å². The Kier molecular flexibility index (Phi) is 3.41. The predicted molar refractivity (Wildman–Crippen MR) is 61.1 cm³/mol. The van der Waals surface area contributed by atoms with Crippen LogP contribution in [0.1, 0.15) is 12.2 Å². The Hall–Kier alpha value is -1.85. The van der Waals surface area contributed by atoms with E-state index < -0.39 is 0 Å². The van der Waals surface area contributed by atoms with Crippen LogP contribution in [0.2, 0.25) is 0 Å². The first kappa shape index (κ1) is 11.6.